The molecule has 1 N–H and O–H groups in total. The molecule has 1 aliphatic rings. The molecule has 17 heavy (non-hydrogen) atoms. The van der Waals surface area contributed by atoms with Gasteiger partial charge in [-0.2, -0.15) is 5.26 Å². The maximum Gasteiger partial charge on any atom is 0.103 e. The quantitative estimate of drug-likeness (QED) is 0.739. The van der Waals surface area contributed by atoms with Crippen LogP contribution in [0.2, 0.25) is 0 Å². The molecule has 1 aliphatic carbocycles. The molecule has 3 nitrogen and oxygen atoms in total. The lowest BCUT2D eigenvalue weighted by Crippen LogP contribution is -2.38. The monoisotopic (exact) mass is 237 g/mol. The van der Waals surface area contributed by atoms with Crippen molar-refractivity contribution in [2.24, 2.45) is 5.92 Å². The second kappa shape index (κ2) is 6.98. The highest BCUT2D eigenvalue weighted by molar-refractivity contribution is 5.02. The van der Waals surface area contributed by atoms with Crippen LogP contribution >= 0.6 is 0 Å². The molecule has 0 spiro atoms. The molecule has 0 aromatic carbocycles. The van der Waals surface area contributed by atoms with Crippen LogP contribution in [0.1, 0.15) is 45.4 Å². The summed E-state index contributed by atoms with van der Waals surface area (Å²) >= 11 is 0. The number of rotatable bonds is 7. The maximum absolute atomic E-state index is 9.05. The van der Waals surface area contributed by atoms with E-state index in [1.807, 2.05) is 14.0 Å². The highest BCUT2D eigenvalue weighted by Gasteiger charge is 2.21. The summed E-state index contributed by atoms with van der Waals surface area (Å²) in [5.41, 5.74) is -0.353. The van der Waals surface area contributed by atoms with E-state index >= 15 is 0 Å². The number of nitriles is 1. The van der Waals surface area contributed by atoms with Crippen molar-refractivity contribution in [1.29, 1.82) is 5.26 Å². The lowest BCUT2D eigenvalue weighted by molar-refractivity contribution is 0.264. The van der Waals surface area contributed by atoms with Gasteiger partial charge in [0.25, 0.3) is 0 Å². The van der Waals surface area contributed by atoms with E-state index in [1.54, 1.807) is 0 Å². The topological polar surface area (TPSA) is 39.1 Å². The van der Waals surface area contributed by atoms with Crippen molar-refractivity contribution < 1.29 is 0 Å². The van der Waals surface area contributed by atoms with Crippen LogP contribution in [-0.2, 0) is 0 Å². The van der Waals surface area contributed by atoms with Gasteiger partial charge in [-0.15, -0.1) is 0 Å². The summed E-state index contributed by atoms with van der Waals surface area (Å²) in [7, 11) is 4.08. The van der Waals surface area contributed by atoms with Crippen LogP contribution in [0.15, 0.2) is 0 Å². The minimum absolute atomic E-state index is 0.353. The first-order chi connectivity index (χ1) is 8.09. The van der Waals surface area contributed by atoms with Crippen molar-refractivity contribution in [2.45, 2.75) is 51.0 Å². The Labute approximate surface area is 106 Å². The summed E-state index contributed by atoms with van der Waals surface area (Å²) in [6.45, 7) is 4.32. The molecule has 0 aliphatic heterocycles. The van der Waals surface area contributed by atoms with E-state index in [0.717, 1.165) is 25.3 Å². The van der Waals surface area contributed by atoms with Gasteiger partial charge >= 0.3 is 0 Å². The van der Waals surface area contributed by atoms with Gasteiger partial charge < -0.3 is 10.2 Å². The molecule has 0 heterocycles. The van der Waals surface area contributed by atoms with E-state index < -0.39 is 0 Å². The molecule has 0 amide bonds. The second-order valence-corrected chi connectivity index (χ2v) is 5.71. The highest BCUT2D eigenvalue weighted by atomic mass is 15.1. The Balaban J connectivity index is 2.15. The minimum Gasteiger partial charge on any atom is -0.306 e. The first-order valence-corrected chi connectivity index (χ1v) is 6.88. The molecule has 1 fully saturated rings. The molecule has 3 heteroatoms. The van der Waals surface area contributed by atoms with Gasteiger partial charge in [-0.05, 0) is 59.2 Å². The average molecular weight is 237 g/mol. The van der Waals surface area contributed by atoms with E-state index in [-0.39, 0.29) is 5.54 Å². The van der Waals surface area contributed by atoms with Crippen LogP contribution in [0.25, 0.3) is 0 Å². The van der Waals surface area contributed by atoms with E-state index in [2.05, 4.69) is 23.3 Å². The second-order valence-electron chi connectivity index (χ2n) is 5.71. The third-order valence-corrected chi connectivity index (χ3v) is 4.06. The first kappa shape index (κ1) is 14.5. The van der Waals surface area contributed by atoms with Gasteiger partial charge in [-0.3, -0.25) is 0 Å². The highest BCUT2D eigenvalue weighted by Crippen LogP contribution is 2.25. The van der Waals surface area contributed by atoms with Crippen LogP contribution in [0.3, 0.4) is 0 Å². The first-order valence-electron chi connectivity index (χ1n) is 6.88. The minimum atomic E-state index is -0.353. The Morgan fingerprint density at radius 2 is 2.06 bits per heavy atom. The smallest absolute Gasteiger partial charge is 0.103 e. The Morgan fingerprint density at radius 3 is 2.59 bits per heavy atom. The molecule has 0 radical (unpaired) electrons. The van der Waals surface area contributed by atoms with Crippen molar-refractivity contribution >= 4 is 0 Å². The zero-order valence-corrected chi connectivity index (χ0v) is 11.6. The fraction of sp³-hybridized carbons (Fsp3) is 0.929. The molecule has 0 aromatic rings. The summed E-state index contributed by atoms with van der Waals surface area (Å²) in [6.07, 6.45) is 7.69. The SMILES string of the molecule is CNC(C)(C#N)CCCN(C)CC1CCCC1. The summed E-state index contributed by atoms with van der Waals surface area (Å²) < 4.78 is 0. The lowest BCUT2D eigenvalue weighted by Gasteiger charge is -2.24. The molecule has 0 aromatic heterocycles. The fourth-order valence-corrected chi connectivity index (χ4v) is 2.66. The third-order valence-electron chi connectivity index (χ3n) is 4.06. The predicted octanol–water partition coefficient (Wildman–Crippen LogP) is 2.39. The van der Waals surface area contributed by atoms with Crippen molar-refractivity contribution in [3.63, 3.8) is 0 Å². The van der Waals surface area contributed by atoms with Gasteiger partial charge in [0.2, 0.25) is 0 Å². The molecule has 0 bridgehead atoms. The lowest BCUT2D eigenvalue weighted by atomic mass is 9.98. The summed E-state index contributed by atoms with van der Waals surface area (Å²) in [4.78, 5) is 2.43. The standard InChI is InChI=1S/C14H27N3/c1-14(12-15,16-2)9-6-10-17(3)11-13-7-4-5-8-13/h13,16H,4-11H2,1-3H3. The van der Waals surface area contributed by atoms with E-state index in [4.69, 9.17) is 5.26 Å². The van der Waals surface area contributed by atoms with Crippen LogP contribution in [-0.4, -0.2) is 37.6 Å². The number of hydrogen-bond donors (Lipinski definition) is 1. The van der Waals surface area contributed by atoms with Gasteiger partial charge in [0.1, 0.15) is 5.54 Å². The number of hydrogen-bond acceptors (Lipinski definition) is 3. The van der Waals surface area contributed by atoms with Gasteiger partial charge in [0.15, 0.2) is 0 Å². The molecule has 1 atom stereocenters. The van der Waals surface area contributed by atoms with Gasteiger partial charge in [-0.25, -0.2) is 0 Å². The predicted molar refractivity (Wildman–Crippen MR) is 71.8 cm³/mol. The molecule has 1 unspecified atom stereocenters. The van der Waals surface area contributed by atoms with Crippen LogP contribution in [0, 0.1) is 17.2 Å². The van der Waals surface area contributed by atoms with Crippen molar-refractivity contribution in [3.8, 4) is 6.07 Å². The number of nitrogens with one attached hydrogen (secondary N) is 1. The Hall–Kier alpha value is -0.590. The van der Waals surface area contributed by atoms with E-state index in [9.17, 15) is 0 Å². The normalized spacial score (nSPS) is 20.4. The van der Waals surface area contributed by atoms with Crippen molar-refractivity contribution in [3.05, 3.63) is 0 Å². The Morgan fingerprint density at radius 1 is 1.41 bits per heavy atom. The van der Waals surface area contributed by atoms with E-state index in [1.165, 1.54) is 32.2 Å². The van der Waals surface area contributed by atoms with Crippen molar-refractivity contribution in [1.82, 2.24) is 10.2 Å². The van der Waals surface area contributed by atoms with Gasteiger partial charge in [0, 0.05) is 6.54 Å². The fourth-order valence-electron chi connectivity index (χ4n) is 2.66. The summed E-state index contributed by atoms with van der Waals surface area (Å²) in [5, 5.41) is 12.1. The summed E-state index contributed by atoms with van der Waals surface area (Å²) in [6, 6.07) is 2.35. The van der Waals surface area contributed by atoms with E-state index in [0.29, 0.717) is 0 Å². The Bertz CT molecular complexity index is 253. The molecular formula is C14H27N3. The molecule has 0 saturated heterocycles. The number of nitrogens with zero attached hydrogens (tertiary/aromatic N) is 2. The Kier molecular flexibility index (Phi) is 5.94. The van der Waals surface area contributed by atoms with Crippen LogP contribution < -0.4 is 5.32 Å². The average Bonchev–Trinajstić information content (AvgIpc) is 2.81. The zero-order valence-electron chi connectivity index (χ0n) is 11.6. The van der Waals surface area contributed by atoms with Crippen LogP contribution in [0.4, 0.5) is 0 Å². The molecule has 98 valence electrons. The molecular weight excluding hydrogens is 210 g/mol. The molecule has 1 saturated carbocycles. The van der Waals surface area contributed by atoms with Gasteiger partial charge in [0.05, 0.1) is 6.07 Å². The largest absolute Gasteiger partial charge is 0.306 e. The third kappa shape index (κ3) is 5.06. The van der Waals surface area contributed by atoms with Crippen LogP contribution in [0.5, 0.6) is 0 Å². The molecule has 1 rings (SSSR count). The van der Waals surface area contributed by atoms with Crippen molar-refractivity contribution in [2.75, 3.05) is 27.2 Å². The summed E-state index contributed by atoms with van der Waals surface area (Å²) in [5.74, 6) is 0.923. The van der Waals surface area contributed by atoms with Gasteiger partial charge in [-0.1, -0.05) is 12.8 Å². The zero-order chi connectivity index (χ0) is 12.7. The maximum atomic E-state index is 9.05.